The predicted octanol–water partition coefficient (Wildman–Crippen LogP) is 3.45. The van der Waals surface area contributed by atoms with Gasteiger partial charge in [0.1, 0.15) is 0 Å². The SMILES string of the molecule is CNCc1ccc(N(C)CCc2cccs2)c(C)c1. The summed E-state index contributed by atoms with van der Waals surface area (Å²) in [5, 5.41) is 5.34. The molecule has 2 aromatic rings. The minimum Gasteiger partial charge on any atom is -0.374 e. The van der Waals surface area contributed by atoms with E-state index in [1.54, 1.807) is 0 Å². The Labute approximate surface area is 120 Å². The van der Waals surface area contributed by atoms with Crippen LogP contribution < -0.4 is 10.2 Å². The largest absolute Gasteiger partial charge is 0.374 e. The van der Waals surface area contributed by atoms with Crippen LogP contribution in [0.15, 0.2) is 35.7 Å². The van der Waals surface area contributed by atoms with E-state index in [0.717, 1.165) is 19.5 Å². The van der Waals surface area contributed by atoms with Crippen molar-refractivity contribution in [1.82, 2.24) is 5.32 Å². The molecular weight excluding hydrogens is 252 g/mol. The Morgan fingerprint density at radius 1 is 1.26 bits per heavy atom. The second kappa shape index (κ2) is 6.73. The molecule has 0 atom stereocenters. The second-order valence-corrected chi connectivity index (χ2v) is 5.93. The number of thiophene rings is 1. The molecule has 19 heavy (non-hydrogen) atoms. The number of hydrogen-bond acceptors (Lipinski definition) is 3. The standard InChI is InChI=1S/C16H22N2S/c1-13-11-14(12-17-2)6-7-16(13)18(3)9-8-15-5-4-10-19-15/h4-7,10-11,17H,8-9,12H2,1-3H3. The molecule has 3 heteroatoms. The molecule has 1 heterocycles. The lowest BCUT2D eigenvalue weighted by Gasteiger charge is -2.21. The summed E-state index contributed by atoms with van der Waals surface area (Å²) in [7, 11) is 4.16. The van der Waals surface area contributed by atoms with E-state index in [-0.39, 0.29) is 0 Å². The van der Waals surface area contributed by atoms with E-state index >= 15 is 0 Å². The van der Waals surface area contributed by atoms with Crippen LogP contribution in [0, 0.1) is 6.92 Å². The molecule has 2 rings (SSSR count). The van der Waals surface area contributed by atoms with Crippen molar-refractivity contribution in [3.8, 4) is 0 Å². The third-order valence-corrected chi connectivity index (χ3v) is 4.26. The topological polar surface area (TPSA) is 15.3 Å². The number of nitrogens with zero attached hydrogens (tertiary/aromatic N) is 1. The van der Waals surface area contributed by atoms with Crippen LogP contribution in [0.4, 0.5) is 5.69 Å². The molecule has 2 nitrogen and oxygen atoms in total. The first-order valence-electron chi connectivity index (χ1n) is 6.68. The zero-order valence-electron chi connectivity index (χ0n) is 11.9. The van der Waals surface area contributed by atoms with Gasteiger partial charge >= 0.3 is 0 Å². The van der Waals surface area contributed by atoms with Gasteiger partial charge in [-0.05, 0) is 49.0 Å². The van der Waals surface area contributed by atoms with E-state index in [4.69, 9.17) is 0 Å². The normalized spacial score (nSPS) is 10.7. The Bertz CT molecular complexity index is 505. The molecule has 0 saturated heterocycles. The highest BCUT2D eigenvalue weighted by Gasteiger charge is 2.06. The van der Waals surface area contributed by atoms with Crippen LogP contribution in [0.1, 0.15) is 16.0 Å². The molecule has 0 unspecified atom stereocenters. The van der Waals surface area contributed by atoms with Gasteiger partial charge in [0.15, 0.2) is 0 Å². The minimum absolute atomic E-state index is 0.931. The van der Waals surface area contributed by atoms with Crippen LogP contribution in [0.3, 0.4) is 0 Å². The van der Waals surface area contributed by atoms with Crippen molar-refractivity contribution >= 4 is 17.0 Å². The average molecular weight is 274 g/mol. The molecule has 102 valence electrons. The van der Waals surface area contributed by atoms with Gasteiger partial charge in [0.2, 0.25) is 0 Å². The summed E-state index contributed by atoms with van der Waals surface area (Å²) >= 11 is 1.84. The Hall–Kier alpha value is -1.32. The van der Waals surface area contributed by atoms with E-state index in [9.17, 15) is 0 Å². The number of rotatable bonds is 6. The number of benzene rings is 1. The minimum atomic E-state index is 0.931. The highest BCUT2D eigenvalue weighted by Crippen LogP contribution is 2.21. The smallest absolute Gasteiger partial charge is 0.0393 e. The monoisotopic (exact) mass is 274 g/mol. The molecule has 0 amide bonds. The summed E-state index contributed by atoms with van der Waals surface area (Å²) in [4.78, 5) is 3.80. The Kier molecular flexibility index (Phi) is 5.00. The molecule has 0 saturated carbocycles. The van der Waals surface area contributed by atoms with Gasteiger partial charge in [-0.25, -0.2) is 0 Å². The molecule has 1 aromatic heterocycles. The number of aryl methyl sites for hydroxylation is 1. The molecule has 1 N–H and O–H groups in total. The predicted molar refractivity (Wildman–Crippen MR) is 85.2 cm³/mol. The van der Waals surface area contributed by atoms with Gasteiger partial charge in [0.05, 0.1) is 0 Å². The number of nitrogens with one attached hydrogen (secondary N) is 1. The van der Waals surface area contributed by atoms with Crippen molar-refractivity contribution in [1.29, 1.82) is 0 Å². The molecule has 0 aliphatic heterocycles. The van der Waals surface area contributed by atoms with Crippen LogP contribution in [0.2, 0.25) is 0 Å². The Morgan fingerprint density at radius 3 is 2.74 bits per heavy atom. The highest BCUT2D eigenvalue weighted by molar-refractivity contribution is 7.09. The zero-order chi connectivity index (χ0) is 13.7. The van der Waals surface area contributed by atoms with E-state index in [1.807, 2.05) is 18.4 Å². The zero-order valence-corrected chi connectivity index (χ0v) is 12.8. The fraction of sp³-hybridized carbons (Fsp3) is 0.375. The highest BCUT2D eigenvalue weighted by atomic mass is 32.1. The fourth-order valence-electron chi connectivity index (χ4n) is 2.31. The summed E-state index contributed by atoms with van der Waals surface area (Å²) in [6, 6.07) is 11.0. The first kappa shape index (κ1) is 14.1. The van der Waals surface area contributed by atoms with Gasteiger partial charge in [-0.1, -0.05) is 18.2 Å². The van der Waals surface area contributed by atoms with Crippen LogP contribution in [-0.4, -0.2) is 20.6 Å². The summed E-state index contributed by atoms with van der Waals surface area (Å²) in [6.45, 7) is 4.18. The third-order valence-electron chi connectivity index (χ3n) is 3.33. The van der Waals surface area contributed by atoms with Gasteiger partial charge in [-0.3, -0.25) is 0 Å². The van der Waals surface area contributed by atoms with Gasteiger partial charge in [-0.2, -0.15) is 0 Å². The summed E-state index contributed by atoms with van der Waals surface area (Å²) in [5.74, 6) is 0. The van der Waals surface area contributed by atoms with Crippen molar-refractivity contribution < 1.29 is 0 Å². The summed E-state index contributed by atoms with van der Waals surface area (Å²) in [6.07, 6.45) is 1.12. The van der Waals surface area contributed by atoms with Crippen molar-refractivity contribution in [2.75, 3.05) is 25.5 Å². The van der Waals surface area contributed by atoms with Crippen LogP contribution in [-0.2, 0) is 13.0 Å². The fourth-order valence-corrected chi connectivity index (χ4v) is 3.01. The number of anilines is 1. The van der Waals surface area contributed by atoms with Crippen molar-refractivity contribution in [3.05, 3.63) is 51.7 Å². The lowest BCUT2D eigenvalue weighted by Crippen LogP contribution is -2.21. The van der Waals surface area contributed by atoms with Gasteiger partial charge in [-0.15, -0.1) is 11.3 Å². The molecule has 0 bridgehead atoms. The van der Waals surface area contributed by atoms with Gasteiger partial charge in [0, 0.05) is 30.7 Å². The average Bonchev–Trinajstić information content (AvgIpc) is 2.89. The van der Waals surface area contributed by atoms with Crippen molar-refractivity contribution in [2.24, 2.45) is 0 Å². The second-order valence-electron chi connectivity index (χ2n) is 4.90. The molecular formula is C16H22N2S. The van der Waals surface area contributed by atoms with E-state index in [0.29, 0.717) is 0 Å². The summed E-state index contributed by atoms with van der Waals surface area (Å²) < 4.78 is 0. The molecule has 1 aromatic carbocycles. The Morgan fingerprint density at radius 2 is 2.11 bits per heavy atom. The van der Waals surface area contributed by atoms with E-state index in [2.05, 4.69) is 59.9 Å². The van der Waals surface area contributed by atoms with Crippen molar-refractivity contribution in [3.63, 3.8) is 0 Å². The van der Waals surface area contributed by atoms with Crippen LogP contribution >= 0.6 is 11.3 Å². The maximum atomic E-state index is 3.19. The molecule has 0 radical (unpaired) electrons. The molecule has 0 aliphatic carbocycles. The first-order chi connectivity index (χ1) is 9.20. The summed E-state index contributed by atoms with van der Waals surface area (Å²) in [5.41, 5.74) is 4.02. The lowest BCUT2D eigenvalue weighted by molar-refractivity contribution is 0.815. The van der Waals surface area contributed by atoms with Gasteiger partial charge in [0.25, 0.3) is 0 Å². The van der Waals surface area contributed by atoms with Crippen LogP contribution in [0.25, 0.3) is 0 Å². The molecule has 0 aliphatic rings. The maximum Gasteiger partial charge on any atom is 0.0393 e. The number of likely N-dealkylation sites (N-methyl/N-ethyl adjacent to an activating group) is 1. The molecule has 0 spiro atoms. The maximum absolute atomic E-state index is 3.19. The van der Waals surface area contributed by atoms with E-state index in [1.165, 1.54) is 21.7 Å². The van der Waals surface area contributed by atoms with Crippen molar-refractivity contribution in [2.45, 2.75) is 19.9 Å². The lowest BCUT2D eigenvalue weighted by atomic mass is 10.1. The molecule has 0 fully saturated rings. The first-order valence-corrected chi connectivity index (χ1v) is 7.56. The number of hydrogen-bond donors (Lipinski definition) is 1. The van der Waals surface area contributed by atoms with Crippen LogP contribution in [0.5, 0.6) is 0 Å². The van der Waals surface area contributed by atoms with Gasteiger partial charge < -0.3 is 10.2 Å². The van der Waals surface area contributed by atoms with E-state index < -0.39 is 0 Å². The quantitative estimate of drug-likeness (QED) is 0.868. The Balaban J connectivity index is 2.00. The third kappa shape index (κ3) is 3.82.